The maximum absolute atomic E-state index is 12.1. The number of rotatable bonds is 7. The molecule has 3 aromatic rings. The molecule has 27 heavy (non-hydrogen) atoms. The van der Waals surface area contributed by atoms with Crippen LogP contribution in [0.25, 0.3) is 5.69 Å². The Morgan fingerprint density at radius 3 is 2.33 bits per heavy atom. The summed E-state index contributed by atoms with van der Waals surface area (Å²) in [5, 5.41) is 10.5. The Bertz CT molecular complexity index is 872. The summed E-state index contributed by atoms with van der Waals surface area (Å²) in [6, 6.07) is 20.2. The summed E-state index contributed by atoms with van der Waals surface area (Å²) in [5.74, 6) is 0. The summed E-state index contributed by atoms with van der Waals surface area (Å²) < 4.78 is 1.92. The van der Waals surface area contributed by atoms with E-state index in [9.17, 15) is 4.79 Å². The molecule has 0 aliphatic carbocycles. The van der Waals surface area contributed by atoms with E-state index < -0.39 is 0 Å². The van der Waals surface area contributed by atoms with Gasteiger partial charge in [-0.05, 0) is 44.4 Å². The van der Waals surface area contributed by atoms with Crippen molar-refractivity contribution < 1.29 is 4.79 Å². The van der Waals surface area contributed by atoms with Gasteiger partial charge < -0.3 is 10.6 Å². The Hall–Kier alpha value is -3.08. The Labute approximate surface area is 160 Å². The third kappa shape index (κ3) is 4.97. The van der Waals surface area contributed by atoms with E-state index >= 15 is 0 Å². The van der Waals surface area contributed by atoms with Gasteiger partial charge >= 0.3 is 6.03 Å². The minimum Gasteiger partial charge on any atom is -0.338 e. The van der Waals surface area contributed by atoms with Gasteiger partial charge in [0.2, 0.25) is 0 Å². The van der Waals surface area contributed by atoms with Crippen LogP contribution in [0.4, 0.5) is 4.79 Å². The standard InChI is InChI=1S/C22H26N4O/c1-17-21(18(2)26(25-17)20-13-7-4-8-14-20)16-24-22(27)23-15-9-12-19-10-5-3-6-11-19/h3-8,10-11,13-14H,9,12,15-16H2,1-2H3,(H2,23,24,27). The first-order valence-corrected chi connectivity index (χ1v) is 9.31. The predicted octanol–water partition coefficient (Wildman–Crippen LogP) is 3.92. The number of aromatic nitrogens is 2. The van der Waals surface area contributed by atoms with Crippen LogP contribution >= 0.6 is 0 Å². The summed E-state index contributed by atoms with van der Waals surface area (Å²) in [6.07, 6.45) is 1.88. The number of aryl methyl sites for hydroxylation is 2. The number of amides is 2. The molecule has 0 bridgehead atoms. The average molecular weight is 362 g/mol. The van der Waals surface area contributed by atoms with Crippen molar-refractivity contribution in [2.24, 2.45) is 0 Å². The third-order valence-electron chi connectivity index (χ3n) is 4.64. The fourth-order valence-electron chi connectivity index (χ4n) is 3.12. The first-order valence-electron chi connectivity index (χ1n) is 9.31. The van der Waals surface area contributed by atoms with E-state index in [0.717, 1.165) is 35.5 Å². The summed E-state index contributed by atoms with van der Waals surface area (Å²) in [6.45, 7) is 5.12. The molecule has 2 amide bonds. The van der Waals surface area contributed by atoms with Gasteiger partial charge in [-0.3, -0.25) is 0 Å². The number of nitrogens with one attached hydrogen (secondary N) is 2. The zero-order valence-electron chi connectivity index (χ0n) is 15.9. The molecule has 0 aliphatic rings. The molecule has 0 saturated heterocycles. The molecule has 0 fully saturated rings. The maximum Gasteiger partial charge on any atom is 0.315 e. The smallest absolute Gasteiger partial charge is 0.315 e. The van der Waals surface area contributed by atoms with Gasteiger partial charge in [-0.1, -0.05) is 48.5 Å². The predicted molar refractivity (Wildman–Crippen MR) is 108 cm³/mol. The number of hydrogen-bond acceptors (Lipinski definition) is 2. The molecule has 5 nitrogen and oxygen atoms in total. The molecular weight excluding hydrogens is 336 g/mol. The Balaban J connectivity index is 1.48. The van der Waals surface area contributed by atoms with Crippen LogP contribution in [0, 0.1) is 13.8 Å². The maximum atomic E-state index is 12.1. The lowest BCUT2D eigenvalue weighted by molar-refractivity contribution is 0.240. The van der Waals surface area contributed by atoms with Crippen molar-refractivity contribution in [3.8, 4) is 5.69 Å². The molecule has 1 heterocycles. The van der Waals surface area contributed by atoms with Gasteiger partial charge in [0.25, 0.3) is 0 Å². The highest BCUT2D eigenvalue weighted by molar-refractivity contribution is 5.73. The molecule has 0 unspecified atom stereocenters. The second-order valence-corrected chi connectivity index (χ2v) is 6.60. The average Bonchev–Trinajstić information content (AvgIpc) is 2.99. The number of urea groups is 1. The van der Waals surface area contributed by atoms with Crippen molar-refractivity contribution >= 4 is 6.03 Å². The fraction of sp³-hybridized carbons (Fsp3) is 0.273. The Kier molecular flexibility index (Phi) is 6.26. The van der Waals surface area contributed by atoms with Crippen molar-refractivity contribution in [3.05, 3.63) is 83.2 Å². The molecule has 3 rings (SSSR count). The van der Waals surface area contributed by atoms with Crippen molar-refractivity contribution in [1.29, 1.82) is 0 Å². The molecule has 0 radical (unpaired) electrons. The second-order valence-electron chi connectivity index (χ2n) is 6.60. The van der Waals surface area contributed by atoms with Gasteiger partial charge in [-0.2, -0.15) is 5.10 Å². The molecular formula is C22H26N4O. The normalized spacial score (nSPS) is 10.6. The van der Waals surface area contributed by atoms with E-state index in [-0.39, 0.29) is 6.03 Å². The van der Waals surface area contributed by atoms with Crippen molar-refractivity contribution in [2.75, 3.05) is 6.54 Å². The minimum atomic E-state index is -0.144. The second kappa shape index (κ2) is 9.03. The van der Waals surface area contributed by atoms with Gasteiger partial charge in [0.05, 0.1) is 11.4 Å². The molecule has 1 aromatic heterocycles. The largest absolute Gasteiger partial charge is 0.338 e. The Morgan fingerprint density at radius 2 is 1.63 bits per heavy atom. The first kappa shape index (κ1) is 18.7. The van der Waals surface area contributed by atoms with Crippen LogP contribution in [0.3, 0.4) is 0 Å². The van der Waals surface area contributed by atoms with Gasteiger partial charge in [0.1, 0.15) is 0 Å². The zero-order valence-corrected chi connectivity index (χ0v) is 15.9. The van der Waals surface area contributed by atoms with Crippen LogP contribution in [0.2, 0.25) is 0 Å². The lowest BCUT2D eigenvalue weighted by Gasteiger charge is -2.09. The number of benzene rings is 2. The number of carbonyl (C=O) groups is 1. The van der Waals surface area contributed by atoms with Crippen LogP contribution in [-0.2, 0) is 13.0 Å². The lowest BCUT2D eigenvalue weighted by Crippen LogP contribution is -2.35. The summed E-state index contributed by atoms with van der Waals surface area (Å²) in [4.78, 5) is 12.1. The van der Waals surface area contributed by atoms with Crippen molar-refractivity contribution in [1.82, 2.24) is 20.4 Å². The fourth-order valence-corrected chi connectivity index (χ4v) is 3.12. The number of para-hydroxylation sites is 1. The van der Waals surface area contributed by atoms with Crippen molar-refractivity contribution in [3.63, 3.8) is 0 Å². The van der Waals surface area contributed by atoms with Crippen LogP contribution < -0.4 is 10.6 Å². The van der Waals surface area contributed by atoms with E-state index in [1.54, 1.807) is 0 Å². The highest BCUT2D eigenvalue weighted by atomic mass is 16.2. The molecule has 0 saturated carbocycles. The lowest BCUT2D eigenvalue weighted by atomic mass is 10.1. The molecule has 5 heteroatoms. The number of nitrogens with zero attached hydrogens (tertiary/aromatic N) is 2. The SMILES string of the molecule is Cc1nn(-c2ccccc2)c(C)c1CNC(=O)NCCCc1ccccc1. The molecule has 2 aromatic carbocycles. The number of carbonyl (C=O) groups excluding carboxylic acids is 1. The number of hydrogen-bond donors (Lipinski definition) is 2. The van der Waals surface area contributed by atoms with E-state index in [0.29, 0.717) is 13.1 Å². The van der Waals surface area contributed by atoms with Gasteiger partial charge in [-0.15, -0.1) is 0 Å². The highest BCUT2D eigenvalue weighted by Crippen LogP contribution is 2.17. The summed E-state index contributed by atoms with van der Waals surface area (Å²) >= 11 is 0. The van der Waals surface area contributed by atoms with E-state index in [1.807, 2.05) is 67.1 Å². The zero-order chi connectivity index (χ0) is 19.1. The topological polar surface area (TPSA) is 59.0 Å². The van der Waals surface area contributed by atoms with Crippen LogP contribution in [-0.4, -0.2) is 22.4 Å². The van der Waals surface area contributed by atoms with Crippen molar-refractivity contribution in [2.45, 2.75) is 33.2 Å². The quantitative estimate of drug-likeness (QED) is 0.626. The molecule has 0 atom stereocenters. The van der Waals surface area contributed by atoms with Crippen LogP contribution in [0.15, 0.2) is 60.7 Å². The van der Waals surface area contributed by atoms with E-state index in [2.05, 4.69) is 27.9 Å². The van der Waals surface area contributed by atoms with Gasteiger partial charge in [-0.25, -0.2) is 9.48 Å². The first-order chi connectivity index (χ1) is 13.1. The van der Waals surface area contributed by atoms with Crippen LogP contribution in [0.5, 0.6) is 0 Å². The monoisotopic (exact) mass is 362 g/mol. The molecule has 140 valence electrons. The van der Waals surface area contributed by atoms with Gasteiger partial charge in [0.15, 0.2) is 0 Å². The molecule has 0 aliphatic heterocycles. The summed E-state index contributed by atoms with van der Waals surface area (Å²) in [7, 11) is 0. The molecule has 0 spiro atoms. The van der Waals surface area contributed by atoms with E-state index in [4.69, 9.17) is 0 Å². The highest BCUT2D eigenvalue weighted by Gasteiger charge is 2.13. The van der Waals surface area contributed by atoms with Crippen LogP contribution in [0.1, 0.15) is 28.9 Å². The van der Waals surface area contributed by atoms with E-state index in [1.165, 1.54) is 5.56 Å². The summed E-state index contributed by atoms with van der Waals surface area (Å²) in [5.41, 5.74) is 5.34. The third-order valence-corrected chi connectivity index (χ3v) is 4.64. The minimum absolute atomic E-state index is 0.144. The molecule has 2 N–H and O–H groups in total. The van der Waals surface area contributed by atoms with Gasteiger partial charge in [0, 0.05) is 24.3 Å². The Morgan fingerprint density at radius 1 is 0.963 bits per heavy atom.